The highest BCUT2D eigenvalue weighted by atomic mass is 19.1. The van der Waals surface area contributed by atoms with E-state index in [9.17, 15) is 18.4 Å². The molecular weight excluding hydrogens is 430 g/mol. The number of hydrogen-bond acceptors (Lipinski definition) is 5. The standard InChI is InChI=1S/C25H26F2N2O4/c1-4-11-32-19-8-5-17(6-9-19)22-23(28-13-15(2)33-16(3)14-28)25(31)29(24(22)30)21-12-18(26)7-10-20(21)27/h5-10,12,15-16H,4,11,13-14H2,1-3H3. The zero-order valence-electron chi connectivity index (χ0n) is 18.8. The maximum atomic E-state index is 14.6. The number of carbonyl (C=O) groups excluding carboxylic acids is 2. The highest BCUT2D eigenvalue weighted by Gasteiger charge is 2.44. The summed E-state index contributed by atoms with van der Waals surface area (Å²) in [5, 5.41) is 0. The van der Waals surface area contributed by atoms with Gasteiger partial charge in [-0.1, -0.05) is 19.1 Å². The Balaban J connectivity index is 1.80. The summed E-state index contributed by atoms with van der Waals surface area (Å²) in [6, 6.07) is 9.56. The van der Waals surface area contributed by atoms with Crippen molar-refractivity contribution in [3.05, 3.63) is 65.4 Å². The quantitative estimate of drug-likeness (QED) is 0.612. The smallest absolute Gasteiger partial charge is 0.282 e. The Morgan fingerprint density at radius 1 is 1.00 bits per heavy atom. The minimum atomic E-state index is -0.856. The molecule has 0 spiro atoms. The number of rotatable bonds is 6. The van der Waals surface area contributed by atoms with E-state index in [-0.39, 0.29) is 23.5 Å². The minimum absolute atomic E-state index is 0.145. The molecule has 2 aromatic rings. The molecule has 8 heteroatoms. The number of benzene rings is 2. The molecule has 0 bridgehead atoms. The second kappa shape index (κ2) is 9.31. The summed E-state index contributed by atoms with van der Waals surface area (Å²) in [6.45, 7) is 7.10. The van der Waals surface area contributed by atoms with Crippen molar-refractivity contribution in [2.75, 3.05) is 24.6 Å². The normalized spacial score (nSPS) is 21.2. The van der Waals surface area contributed by atoms with E-state index in [1.165, 1.54) is 0 Å². The molecule has 0 aromatic heterocycles. The van der Waals surface area contributed by atoms with Gasteiger partial charge in [0, 0.05) is 19.2 Å². The Hall–Kier alpha value is -3.26. The maximum Gasteiger partial charge on any atom is 0.282 e. The third kappa shape index (κ3) is 4.48. The number of imide groups is 1. The summed E-state index contributed by atoms with van der Waals surface area (Å²) in [6.07, 6.45) is 0.511. The predicted molar refractivity (Wildman–Crippen MR) is 120 cm³/mol. The van der Waals surface area contributed by atoms with Gasteiger partial charge in [0.05, 0.1) is 30.1 Å². The summed E-state index contributed by atoms with van der Waals surface area (Å²) in [5.74, 6) is -2.35. The van der Waals surface area contributed by atoms with Gasteiger partial charge in [-0.3, -0.25) is 9.59 Å². The first kappa shape index (κ1) is 22.9. The van der Waals surface area contributed by atoms with E-state index < -0.39 is 29.1 Å². The molecule has 2 unspecified atom stereocenters. The van der Waals surface area contributed by atoms with Gasteiger partial charge >= 0.3 is 0 Å². The van der Waals surface area contributed by atoms with Crippen LogP contribution in [-0.2, 0) is 14.3 Å². The fourth-order valence-corrected chi connectivity index (χ4v) is 4.25. The summed E-state index contributed by atoms with van der Waals surface area (Å²) in [4.78, 5) is 29.6. The number of halogens is 2. The second-order valence-electron chi connectivity index (χ2n) is 8.30. The van der Waals surface area contributed by atoms with Crippen LogP contribution in [0.3, 0.4) is 0 Å². The van der Waals surface area contributed by atoms with Crippen LogP contribution in [0.4, 0.5) is 14.5 Å². The van der Waals surface area contributed by atoms with Crippen LogP contribution in [0.25, 0.3) is 5.57 Å². The molecule has 0 N–H and O–H groups in total. The van der Waals surface area contributed by atoms with Crippen LogP contribution in [0.1, 0.15) is 32.8 Å². The molecular formula is C25H26F2N2O4. The lowest BCUT2D eigenvalue weighted by Gasteiger charge is -2.37. The summed E-state index contributed by atoms with van der Waals surface area (Å²) in [7, 11) is 0. The molecule has 174 valence electrons. The van der Waals surface area contributed by atoms with Crippen LogP contribution in [0.5, 0.6) is 5.75 Å². The molecule has 2 aliphatic rings. The van der Waals surface area contributed by atoms with Gasteiger partial charge in [0.2, 0.25) is 0 Å². The molecule has 1 saturated heterocycles. The van der Waals surface area contributed by atoms with E-state index in [1.54, 1.807) is 29.2 Å². The van der Waals surface area contributed by atoms with E-state index in [0.29, 0.717) is 31.0 Å². The fourth-order valence-electron chi connectivity index (χ4n) is 4.25. The molecule has 2 heterocycles. The third-order valence-electron chi connectivity index (χ3n) is 5.56. The average molecular weight is 456 g/mol. The molecule has 4 rings (SSSR count). The van der Waals surface area contributed by atoms with Gasteiger partial charge < -0.3 is 14.4 Å². The monoisotopic (exact) mass is 456 g/mol. The van der Waals surface area contributed by atoms with Gasteiger partial charge in [0.1, 0.15) is 23.1 Å². The molecule has 0 radical (unpaired) electrons. The summed E-state index contributed by atoms with van der Waals surface area (Å²) in [5.41, 5.74) is 0.396. The largest absolute Gasteiger partial charge is 0.494 e. The summed E-state index contributed by atoms with van der Waals surface area (Å²) < 4.78 is 39.9. The Morgan fingerprint density at radius 2 is 1.67 bits per heavy atom. The second-order valence-corrected chi connectivity index (χ2v) is 8.30. The number of morpholine rings is 1. The van der Waals surface area contributed by atoms with Gasteiger partial charge in [-0.2, -0.15) is 0 Å². The van der Waals surface area contributed by atoms with Crippen LogP contribution in [0.2, 0.25) is 0 Å². The Bertz CT molecular complexity index is 1090. The minimum Gasteiger partial charge on any atom is -0.494 e. The number of ether oxygens (including phenoxy) is 2. The maximum absolute atomic E-state index is 14.6. The van der Waals surface area contributed by atoms with E-state index in [0.717, 1.165) is 29.5 Å². The van der Waals surface area contributed by atoms with Crippen LogP contribution < -0.4 is 9.64 Å². The third-order valence-corrected chi connectivity index (χ3v) is 5.56. The highest BCUT2D eigenvalue weighted by molar-refractivity contribution is 6.45. The first-order chi connectivity index (χ1) is 15.8. The van der Waals surface area contributed by atoms with Crippen molar-refractivity contribution in [1.29, 1.82) is 0 Å². The Kier molecular flexibility index (Phi) is 6.47. The van der Waals surface area contributed by atoms with Crippen LogP contribution >= 0.6 is 0 Å². The molecule has 2 atom stereocenters. The number of nitrogens with zero attached hydrogens (tertiary/aromatic N) is 2. The molecule has 2 aromatic carbocycles. The SMILES string of the molecule is CCCOc1ccc(C2=C(N3CC(C)OC(C)C3)C(=O)N(c3cc(F)ccc3F)C2=O)cc1. The average Bonchev–Trinajstić information content (AvgIpc) is 3.03. The molecule has 0 saturated carbocycles. The first-order valence-electron chi connectivity index (χ1n) is 11.0. The fraction of sp³-hybridized carbons (Fsp3) is 0.360. The number of carbonyl (C=O) groups is 2. The topological polar surface area (TPSA) is 59.1 Å². The van der Waals surface area contributed by atoms with E-state index in [2.05, 4.69) is 0 Å². The van der Waals surface area contributed by atoms with Crippen molar-refractivity contribution < 1.29 is 27.8 Å². The molecule has 0 aliphatic carbocycles. The van der Waals surface area contributed by atoms with Crippen LogP contribution in [-0.4, -0.2) is 48.6 Å². The van der Waals surface area contributed by atoms with Crippen molar-refractivity contribution in [2.45, 2.75) is 39.4 Å². The van der Waals surface area contributed by atoms with E-state index in [1.807, 2.05) is 20.8 Å². The van der Waals surface area contributed by atoms with Crippen molar-refractivity contribution in [1.82, 2.24) is 4.90 Å². The zero-order chi connectivity index (χ0) is 23.7. The Labute approximate surface area is 191 Å². The number of hydrogen-bond donors (Lipinski definition) is 0. The zero-order valence-corrected chi connectivity index (χ0v) is 18.8. The van der Waals surface area contributed by atoms with Gasteiger partial charge in [-0.05, 0) is 50.1 Å². The van der Waals surface area contributed by atoms with E-state index >= 15 is 0 Å². The van der Waals surface area contributed by atoms with Gasteiger partial charge in [-0.25, -0.2) is 13.7 Å². The van der Waals surface area contributed by atoms with Crippen molar-refractivity contribution >= 4 is 23.1 Å². The molecule has 33 heavy (non-hydrogen) atoms. The van der Waals surface area contributed by atoms with Crippen molar-refractivity contribution in [3.8, 4) is 5.75 Å². The molecule has 6 nitrogen and oxygen atoms in total. The van der Waals surface area contributed by atoms with Gasteiger partial charge in [-0.15, -0.1) is 0 Å². The van der Waals surface area contributed by atoms with Crippen molar-refractivity contribution in [2.24, 2.45) is 0 Å². The van der Waals surface area contributed by atoms with Crippen molar-refractivity contribution in [3.63, 3.8) is 0 Å². The summed E-state index contributed by atoms with van der Waals surface area (Å²) >= 11 is 0. The lowest BCUT2D eigenvalue weighted by molar-refractivity contribution is -0.121. The molecule has 1 fully saturated rings. The number of amides is 2. The van der Waals surface area contributed by atoms with Crippen LogP contribution in [0, 0.1) is 11.6 Å². The Morgan fingerprint density at radius 3 is 2.30 bits per heavy atom. The molecule has 2 amide bonds. The number of anilines is 1. The highest BCUT2D eigenvalue weighted by Crippen LogP contribution is 2.37. The molecule has 2 aliphatic heterocycles. The lowest BCUT2D eigenvalue weighted by Crippen LogP contribution is -2.47. The van der Waals surface area contributed by atoms with Gasteiger partial charge in [0.25, 0.3) is 11.8 Å². The lowest BCUT2D eigenvalue weighted by atomic mass is 10.0. The first-order valence-corrected chi connectivity index (χ1v) is 11.0. The van der Waals surface area contributed by atoms with E-state index in [4.69, 9.17) is 9.47 Å². The van der Waals surface area contributed by atoms with Crippen LogP contribution in [0.15, 0.2) is 48.2 Å². The van der Waals surface area contributed by atoms with Gasteiger partial charge in [0.15, 0.2) is 0 Å². The predicted octanol–water partition coefficient (Wildman–Crippen LogP) is 4.15.